The third-order valence-electron chi connectivity index (χ3n) is 2.55. The van der Waals surface area contributed by atoms with Crippen LogP contribution in [0.1, 0.15) is 17.3 Å². The largest absolute Gasteiger partial charge is 0.399 e. The number of carbonyl (C=O) groups excluding carboxylic acids is 1. The van der Waals surface area contributed by atoms with Crippen molar-refractivity contribution in [2.75, 3.05) is 5.73 Å². The number of aromatic nitrogens is 1. The molecule has 0 aliphatic rings. The lowest BCUT2D eigenvalue weighted by molar-refractivity contribution is 0.0950. The zero-order valence-corrected chi connectivity index (χ0v) is 9.45. The van der Waals surface area contributed by atoms with E-state index in [9.17, 15) is 4.79 Å². The summed E-state index contributed by atoms with van der Waals surface area (Å²) in [7, 11) is 0. The average molecular weight is 227 g/mol. The average Bonchev–Trinajstić information content (AvgIpc) is 2.71. The van der Waals surface area contributed by atoms with Gasteiger partial charge in [0.25, 0.3) is 5.91 Å². The third kappa shape index (κ3) is 2.08. The van der Waals surface area contributed by atoms with Gasteiger partial charge in [-0.2, -0.15) is 0 Å². The smallest absolute Gasteiger partial charge is 0.254 e. The number of nitrogen functional groups attached to an aromatic ring is 1. The lowest BCUT2D eigenvalue weighted by atomic mass is 10.1. The number of hydrogen-bond donors (Lipinski definition) is 3. The minimum atomic E-state index is -0.291. The SMILES string of the molecule is C#CC(C)NC(=O)c1c[nH]c2cc(N)ccc12. The Hall–Kier alpha value is -2.41. The number of benzene rings is 1. The van der Waals surface area contributed by atoms with E-state index in [1.165, 1.54) is 0 Å². The molecule has 0 aliphatic carbocycles. The van der Waals surface area contributed by atoms with Crippen LogP contribution >= 0.6 is 0 Å². The van der Waals surface area contributed by atoms with Crippen molar-refractivity contribution in [1.82, 2.24) is 10.3 Å². The molecular weight excluding hydrogens is 214 g/mol. The maximum absolute atomic E-state index is 11.9. The Morgan fingerprint density at radius 1 is 1.59 bits per heavy atom. The molecule has 4 nitrogen and oxygen atoms in total. The van der Waals surface area contributed by atoms with Gasteiger partial charge in [0, 0.05) is 22.8 Å². The summed E-state index contributed by atoms with van der Waals surface area (Å²) in [5, 5.41) is 3.55. The van der Waals surface area contributed by atoms with Gasteiger partial charge >= 0.3 is 0 Å². The molecular formula is C13H13N3O. The number of terminal acetylenes is 1. The highest BCUT2D eigenvalue weighted by atomic mass is 16.1. The standard InChI is InChI=1S/C13H13N3O/c1-3-8(2)16-13(17)11-7-15-12-6-9(14)4-5-10(11)12/h1,4-8,15H,14H2,2H3,(H,16,17). The number of carbonyl (C=O) groups is 1. The maximum atomic E-state index is 11.9. The van der Waals surface area contributed by atoms with E-state index in [-0.39, 0.29) is 11.9 Å². The Balaban J connectivity index is 2.37. The van der Waals surface area contributed by atoms with E-state index in [0.29, 0.717) is 11.3 Å². The van der Waals surface area contributed by atoms with Crippen molar-refractivity contribution in [1.29, 1.82) is 0 Å². The lowest BCUT2D eigenvalue weighted by Crippen LogP contribution is -2.31. The fraction of sp³-hybridized carbons (Fsp3) is 0.154. The van der Waals surface area contributed by atoms with Gasteiger partial charge in [-0.3, -0.25) is 4.79 Å². The molecule has 1 atom stereocenters. The highest BCUT2D eigenvalue weighted by Gasteiger charge is 2.13. The second-order valence-corrected chi connectivity index (χ2v) is 3.87. The van der Waals surface area contributed by atoms with Gasteiger partial charge in [0.05, 0.1) is 11.6 Å². The van der Waals surface area contributed by atoms with Crippen LogP contribution in [0.4, 0.5) is 5.69 Å². The molecule has 1 aromatic heterocycles. The molecule has 1 aromatic carbocycles. The van der Waals surface area contributed by atoms with Crippen LogP contribution in [0.5, 0.6) is 0 Å². The van der Waals surface area contributed by atoms with Crippen LogP contribution in [0.15, 0.2) is 24.4 Å². The van der Waals surface area contributed by atoms with Gasteiger partial charge in [-0.25, -0.2) is 0 Å². The van der Waals surface area contributed by atoms with E-state index in [2.05, 4.69) is 16.2 Å². The molecule has 0 saturated carbocycles. The molecule has 17 heavy (non-hydrogen) atoms. The van der Waals surface area contributed by atoms with Crippen molar-refractivity contribution in [2.45, 2.75) is 13.0 Å². The number of nitrogens with two attached hydrogens (primary N) is 1. The quantitative estimate of drug-likeness (QED) is 0.537. The van der Waals surface area contributed by atoms with Gasteiger partial charge in [-0.1, -0.05) is 5.92 Å². The summed E-state index contributed by atoms with van der Waals surface area (Å²) in [6, 6.07) is 5.08. The Kier molecular flexibility index (Phi) is 2.75. The van der Waals surface area contributed by atoms with Crippen molar-refractivity contribution in [3.63, 3.8) is 0 Å². The van der Waals surface area contributed by atoms with Crippen molar-refractivity contribution in [3.8, 4) is 12.3 Å². The Bertz CT molecular complexity index is 607. The molecule has 1 unspecified atom stereocenters. The number of fused-ring (bicyclic) bond motifs is 1. The van der Waals surface area contributed by atoms with E-state index >= 15 is 0 Å². The van der Waals surface area contributed by atoms with E-state index in [1.54, 1.807) is 25.3 Å². The van der Waals surface area contributed by atoms with Gasteiger partial charge in [0.1, 0.15) is 0 Å². The van der Waals surface area contributed by atoms with Crippen molar-refractivity contribution >= 4 is 22.5 Å². The van der Waals surface area contributed by atoms with Gasteiger partial charge in [0.15, 0.2) is 0 Å². The van der Waals surface area contributed by atoms with Crippen molar-refractivity contribution < 1.29 is 4.79 Å². The second-order valence-electron chi connectivity index (χ2n) is 3.87. The molecule has 1 amide bonds. The molecule has 0 bridgehead atoms. The van der Waals surface area contributed by atoms with E-state index < -0.39 is 0 Å². The summed E-state index contributed by atoms with van der Waals surface area (Å²) in [4.78, 5) is 14.9. The first-order chi connectivity index (χ1) is 8.11. The highest BCUT2D eigenvalue weighted by Crippen LogP contribution is 2.20. The molecule has 0 saturated heterocycles. The molecule has 0 aliphatic heterocycles. The maximum Gasteiger partial charge on any atom is 0.254 e. The van der Waals surface area contributed by atoms with Crippen LogP contribution in [-0.2, 0) is 0 Å². The molecule has 0 radical (unpaired) electrons. The first-order valence-electron chi connectivity index (χ1n) is 5.25. The Morgan fingerprint density at radius 3 is 3.06 bits per heavy atom. The number of aromatic amines is 1. The van der Waals surface area contributed by atoms with Gasteiger partial charge in [0.2, 0.25) is 0 Å². The molecule has 0 spiro atoms. The zero-order chi connectivity index (χ0) is 12.4. The lowest BCUT2D eigenvalue weighted by Gasteiger charge is -2.06. The predicted molar refractivity (Wildman–Crippen MR) is 68.5 cm³/mol. The molecule has 2 aromatic rings. The number of rotatable bonds is 2. The third-order valence-corrected chi connectivity index (χ3v) is 2.55. The van der Waals surface area contributed by atoms with E-state index in [0.717, 1.165) is 10.9 Å². The predicted octanol–water partition coefficient (Wildman–Crippen LogP) is 1.50. The van der Waals surface area contributed by atoms with Crippen LogP contribution in [-0.4, -0.2) is 16.9 Å². The van der Waals surface area contributed by atoms with Crippen LogP contribution in [0, 0.1) is 12.3 Å². The number of amides is 1. The topological polar surface area (TPSA) is 70.9 Å². The molecule has 86 valence electrons. The van der Waals surface area contributed by atoms with Crippen LogP contribution in [0.25, 0.3) is 10.9 Å². The zero-order valence-electron chi connectivity index (χ0n) is 9.45. The van der Waals surface area contributed by atoms with Crippen molar-refractivity contribution in [2.24, 2.45) is 0 Å². The van der Waals surface area contributed by atoms with Crippen LogP contribution in [0.3, 0.4) is 0 Å². The normalized spacial score (nSPS) is 12.0. The Labute approximate surface area is 99.2 Å². The summed E-state index contributed by atoms with van der Waals surface area (Å²) in [6.07, 6.45) is 6.87. The summed E-state index contributed by atoms with van der Waals surface area (Å²) in [5.41, 5.74) is 7.73. The first kappa shape index (κ1) is 11.1. The summed E-state index contributed by atoms with van der Waals surface area (Å²) in [5.74, 6) is 2.26. The fourth-order valence-corrected chi connectivity index (χ4v) is 1.65. The van der Waals surface area contributed by atoms with Gasteiger partial charge in [-0.05, 0) is 25.1 Å². The number of anilines is 1. The molecule has 2 rings (SSSR count). The van der Waals surface area contributed by atoms with E-state index in [1.807, 2.05) is 6.07 Å². The molecule has 0 fully saturated rings. The summed E-state index contributed by atoms with van der Waals surface area (Å²) < 4.78 is 0. The minimum Gasteiger partial charge on any atom is -0.399 e. The summed E-state index contributed by atoms with van der Waals surface area (Å²) >= 11 is 0. The highest BCUT2D eigenvalue weighted by molar-refractivity contribution is 6.07. The molecule has 1 heterocycles. The van der Waals surface area contributed by atoms with Crippen molar-refractivity contribution in [3.05, 3.63) is 30.0 Å². The van der Waals surface area contributed by atoms with Crippen LogP contribution < -0.4 is 11.1 Å². The molecule has 4 heteroatoms. The Morgan fingerprint density at radius 2 is 2.35 bits per heavy atom. The van der Waals surface area contributed by atoms with E-state index in [4.69, 9.17) is 12.2 Å². The van der Waals surface area contributed by atoms with Crippen LogP contribution in [0.2, 0.25) is 0 Å². The number of nitrogens with one attached hydrogen (secondary N) is 2. The first-order valence-corrected chi connectivity index (χ1v) is 5.25. The minimum absolute atomic E-state index is 0.188. The number of H-pyrrole nitrogens is 1. The summed E-state index contributed by atoms with van der Waals surface area (Å²) in [6.45, 7) is 1.75. The van der Waals surface area contributed by atoms with Gasteiger partial charge in [-0.15, -0.1) is 6.42 Å². The fourth-order valence-electron chi connectivity index (χ4n) is 1.65. The van der Waals surface area contributed by atoms with Gasteiger partial charge < -0.3 is 16.0 Å². The number of hydrogen-bond acceptors (Lipinski definition) is 2. The monoisotopic (exact) mass is 227 g/mol. The molecule has 4 N–H and O–H groups in total. The second kappa shape index (κ2) is 4.22.